The SMILES string of the molecule is CNC(c1ccc(Cl)cn1)c1cc(Br)ccc1F. The van der Waals surface area contributed by atoms with Gasteiger partial charge in [0.25, 0.3) is 0 Å². The fourth-order valence-corrected chi connectivity index (χ4v) is 2.25. The Morgan fingerprint density at radius 1 is 1.33 bits per heavy atom. The van der Waals surface area contributed by atoms with Crippen molar-refractivity contribution in [1.29, 1.82) is 0 Å². The average molecular weight is 330 g/mol. The van der Waals surface area contributed by atoms with E-state index in [4.69, 9.17) is 11.6 Å². The standard InChI is InChI=1S/C13H11BrClFN2/c1-17-13(12-5-3-9(15)7-18-12)10-6-8(14)2-4-11(10)16/h2-7,13,17H,1H3. The highest BCUT2D eigenvalue weighted by Crippen LogP contribution is 2.26. The summed E-state index contributed by atoms with van der Waals surface area (Å²) in [5.74, 6) is -0.269. The minimum absolute atomic E-state index is 0.269. The van der Waals surface area contributed by atoms with Gasteiger partial charge in [-0.15, -0.1) is 0 Å². The van der Waals surface area contributed by atoms with E-state index < -0.39 is 0 Å². The van der Waals surface area contributed by atoms with E-state index in [1.54, 1.807) is 37.5 Å². The molecule has 0 spiro atoms. The van der Waals surface area contributed by atoms with Gasteiger partial charge in [0, 0.05) is 16.2 Å². The zero-order valence-corrected chi connectivity index (χ0v) is 12.0. The van der Waals surface area contributed by atoms with E-state index in [9.17, 15) is 4.39 Å². The Morgan fingerprint density at radius 2 is 2.11 bits per heavy atom. The molecule has 18 heavy (non-hydrogen) atoms. The maximum Gasteiger partial charge on any atom is 0.128 e. The second-order valence-corrected chi connectivity index (χ2v) is 5.14. The molecule has 0 radical (unpaired) electrons. The number of aromatic nitrogens is 1. The van der Waals surface area contributed by atoms with Crippen molar-refractivity contribution in [3.05, 3.63) is 63.1 Å². The fourth-order valence-electron chi connectivity index (χ4n) is 1.76. The lowest BCUT2D eigenvalue weighted by atomic mass is 10.0. The quantitative estimate of drug-likeness (QED) is 0.922. The van der Waals surface area contributed by atoms with Crippen molar-refractivity contribution in [3.63, 3.8) is 0 Å². The highest BCUT2D eigenvalue weighted by Gasteiger charge is 2.17. The lowest BCUT2D eigenvalue weighted by Gasteiger charge is -2.17. The van der Waals surface area contributed by atoms with Crippen LogP contribution in [0, 0.1) is 5.82 Å². The zero-order chi connectivity index (χ0) is 13.1. The van der Waals surface area contributed by atoms with E-state index in [1.165, 1.54) is 6.07 Å². The van der Waals surface area contributed by atoms with Crippen molar-refractivity contribution in [2.24, 2.45) is 0 Å². The third-order valence-corrected chi connectivity index (χ3v) is 3.32. The smallest absolute Gasteiger partial charge is 0.128 e. The molecule has 2 aromatic rings. The van der Waals surface area contributed by atoms with Gasteiger partial charge in [0.2, 0.25) is 0 Å². The summed E-state index contributed by atoms with van der Waals surface area (Å²) in [6, 6.07) is 8.06. The number of hydrogen-bond acceptors (Lipinski definition) is 2. The van der Waals surface area contributed by atoms with Crippen LogP contribution in [0.3, 0.4) is 0 Å². The van der Waals surface area contributed by atoms with Crippen LogP contribution in [-0.2, 0) is 0 Å². The van der Waals surface area contributed by atoms with Crippen LogP contribution in [0.4, 0.5) is 4.39 Å². The first kappa shape index (κ1) is 13.5. The number of hydrogen-bond donors (Lipinski definition) is 1. The van der Waals surface area contributed by atoms with E-state index in [2.05, 4.69) is 26.2 Å². The predicted octanol–water partition coefficient (Wildman–Crippen LogP) is 3.95. The number of rotatable bonds is 3. The van der Waals surface area contributed by atoms with Crippen molar-refractivity contribution >= 4 is 27.5 Å². The third-order valence-electron chi connectivity index (χ3n) is 2.60. The Hall–Kier alpha value is -0.970. The van der Waals surface area contributed by atoms with Crippen LogP contribution in [0.15, 0.2) is 41.0 Å². The van der Waals surface area contributed by atoms with E-state index >= 15 is 0 Å². The van der Waals surface area contributed by atoms with Gasteiger partial charge < -0.3 is 5.32 Å². The summed E-state index contributed by atoms with van der Waals surface area (Å²) in [5.41, 5.74) is 1.26. The summed E-state index contributed by atoms with van der Waals surface area (Å²) in [6.07, 6.45) is 1.55. The van der Waals surface area contributed by atoms with Crippen LogP contribution >= 0.6 is 27.5 Å². The van der Waals surface area contributed by atoms with Crippen molar-refractivity contribution < 1.29 is 4.39 Å². The first-order valence-electron chi connectivity index (χ1n) is 5.35. The number of halogens is 3. The van der Waals surface area contributed by atoms with Crippen molar-refractivity contribution in [3.8, 4) is 0 Å². The summed E-state index contributed by atoms with van der Waals surface area (Å²) < 4.78 is 14.7. The van der Waals surface area contributed by atoms with Crippen LogP contribution in [0.1, 0.15) is 17.3 Å². The molecule has 2 rings (SSSR count). The second-order valence-electron chi connectivity index (χ2n) is 3.79. The van der Waals surface area contributed by atoms with E-state index in [1.807, 2.05) is 0 Å². The molecule has 0 amide bonds. The molecule has 1 atom stereocenters. The monoisotopic (exact) mass is 328 g/mol. The first-order chi connectivity index (χ1) is 8.61. The maximum absolute atomic E-state index is 13.9. The van der Waals surface area contributed by atoms with Crippen molar-refractivity contribution in [1.82, 2.24) is 10.3 Å². The predicted molar refractivity (Wildman–Crippen MR) is 74.2 cm³/mol. The molecular weight excluding hydrogens is 319 g/mol. The molecule has 0 aliphatic heterocycles. The van der Waals surface area contributed by atoms with Gasteiger partial charge in [0.05, 0.1) is 16.8 Å². The maximum atomic E-state index is 13.9. The van der Waals surface area contributed by atoms with Crippen molar-refractivity contribution in [2.75, 3.05) is 7.05 Å². The number of nitrogens with zero attached hydrogens (tertiary/aromatic N) is 1. The minimum atomic E-state index is -0.306. The van der Waals surface area contributed by atoms with Gasteiger partial charge in [-0.1, -0.05) is 27.5 Å². The van der Waals surface area contributed by atoms with Crippen LogP contribution < -0.4 is 5.32 Å². The number of pyridine rings is 1. The molecule has 1 aromatic heterocycles. The molecular formula is C13H11BrClFN2. The molecule has 5 heteroatoms. The first-order valence-corrected chi connectivity index (χ1v) is 6.52. The molecule has 0 bridgehead atoms. The minimum Gasteiger partial charge on any atom is -0.308 e. The van der Waals surface area contributed by atoms with Gasteiger partial charge >= 0.3 is 0 Å². The molecule has 0 aliphatic carbocycles. The summed E-state index contributed by atoms with van der Waals surface area (Å²) in [5, 5.41) is 3.61. The van der Waals surface area contributed by atoms with Gasteiger partial charge in [-0.2, -0.15) is 0 Å². The zero-order valence-electron chi connectivity index (χ0n) is 9.62. The molecule has 0 fully saturated rings. The van der Waals surface area contributed by atoms with Gasteiger partial charge in [0.15, 0.2) is 0 Å². The summed E-state index contributed by atoms with van der Waals surface area (Å²) in [6.45, 7) is 0. The molecule has 1 heterocycles. The number of benzene rings is 1. The van der Waals surface area contributed by atoms with Gasteiger partial charge in [-0.25, -0.2) is 4.39 Å². The van der Waals surface area contributed by atoms with Crippen LogP contribution in [-0.4, -0.2) is 12.0 Å². The molecule has 1 aromatic carbocycles. The molecule has 1 N–H and O–H groups in total. The Labute approximate surface area is 118 Å². The normalized spacial score (nSPS) is 12.4. The highest BCUT2D eigenvalue weighted by atomic mass is 79.9. The third kappa shape index (κ3) is 2.88. The largest absolute Gasteiger partial charge is 0.308 e. The van der Waals surface area contributed by atoms with E-state index in [0.29, 0.717) is 10.6 Å². The van der Waals surface area contributed by atoms with E-state index in [0.717, 1.165) is 10.2 Å². The van der Waals surface area contributed by atoms with Gasteiger partial charge in [-0.05, 0) is 37.4 Å². The fraction of sp³-hybridized carbons (Fsp3) is 0.154. The van der Waals surface area contributed by atoms with Crippen LogP contribution in [0.2, 0.25) is 5.02 Å². The average Bonchev–Trinajstić information content (AvgIpc) is 2.37. The van der Waals surface area contributed by atoms with Gasteiger partial charge in [-0.3, -0.25) is 4.98 Å². The molecule has 0 saturated heterocycles. The molecule has 2 nitrogen and oxygen atoms in total. The Kier molecular flexibility index (Phi) is 4.32. The highest BCUT2D eigenvalue weighted by molar-refractivity contribution is 9.10. The Balaban J connectivity index is 2.44. The summed E-state index contributed by atoms with van der Waals surface area (Å²) >= 11 is 9.14. The Bertz CT molecular complexity index is 545. The molecule has 94 valence electrons. The van der Waals surface area contributed by atoms with Gasteiger partial charge in [0.1, 0.15) is 5.82 Å². The summed E-state index contributed by atoms with van der Waals surface area (Å²) in [7, 11) is 1.77. The van der Waals surface area contributed by atoms with Crippen LogP contribution in [0.25, 0.3) is 0 Å². The molecule has 0 saturated carbocycles. The van der Waals surface area contributed by atoms with E-state index in [-0.39, 0.29) is 11.9 Å². The lowest BCUT2D eigenvalue weighted by Crippen LogP contribution is -2.20. The Morgan fingerprint density at radius 3 is 2.72 bits per heavy atom. The lowest BCUT2D eigenvalue weighted by molar-refractivity contribution is 0.570. The summed E-state index contributed by atoms with van der Waals surface area (Å²) in [4.78, 5) is 4.22. The van der Waals surface area contributed by atoms with Crippen molar-refractivity contribution in [2.45, 2.75) is 6.04 Å². The molecule has 1 unspecified atom stereocenters. The number of nitrogens with one attached hydrogen (secondary N) is 1. The van der Waals surface area contributed by atoms with Crippen LogP contribution in [0.5, 0.6) is 0 Å². The second kappa shape index (κ2) is 5.78. The molecule has 0 aliphatic rings. The topological polar surface area (TPSA) is 24.9 Å².